The Bertz CT molecular complexity index is 237. The van der Waals surface area contributed by atoms with Crippen LogP contribution in [0.5, 0.6) is 0 Å². The Hall–Kier alpha value is -1.05. The van der Waals surface area contributed by atoms with Crippen LogP contribution < -0.4 is 0 Å². The number of hydrogen-bond acceptors (Lipinski definition) is 1. The molecular formula is C11H18N2. The Morgan fingerprint density at radius 2 is 2.23 bits per heavy atom. The van der Waals surface area contributed by atoms with E-state index < -0.39 is 0 Å². The molecule has 0 aliphatic rings. The minimum atomic E-state index is 0.407. The Kier molecular flexibility index (Phi) is 3.74. The lowest BCUT2D eigenvalue weighted by atomic mass is 10.0. The highest BCUT2D eigenvalue weighted by atomic mass is 15.0. The van der Waals surface area contributed by atoms with E-state index >= 15 is 0 Å². The molecule has 2 heteroatoms. The number of imidazole rings is 1. The first kappa shape index (κ1) is 10.0. The SMILES string of the molecule is C=CC(CCC(C)C)n1ccnc1. The van der Waals surface area contributed by atoms with Crippen molar-refractivity contribution in [1.82, 2.24) is 9.55 Å². The molecule has 1 heterocycles. The lowest BCUT2D eigenvalue weighted by molar-refractivity contribution is 0.470. The van der Waals surface area contributed by atoms with Crippen LogP contribution in [0.4, 0.5) is 0 Å². The van der Waals surface area contributed by atoms with Crippen LogP contribution in [0.1, 0.15) is 32.7 Å². The molecule has 0 fully saturated rings. The largest absolute Gasteiger partial charge is 0.331 e. The molecule has 0 amide bonds. The number of nitrogens with zero attached hydrogens (tertiary/aromatic N) is 2. The molecule has 0 aromatic carbocycles. The summed E-state index contributed by atoms with van der Waals surface area (Å²) in [6, 6.07) is 0.407. The molecule has 0 aliphatic carbocycles. The summed E-state index contributed by atoms with van der Waals surface area (Å²) in [6.45, 7) is 8.33. The average Bonchev–Trinajstić information content (AvgIpc) is 2.58. The molecule has 0 radical (unpaired) electrons. The van der Waals surface area contributed by atoms with Gasteiger partial charge in [0.1, 0.15) is 0 Å². The van der Waals surface area contributed by atoms with E-state index in [1.54, 1.807) is 0 Å². The van der Waals surface area contributed by atoms with E-state index in [1.807, 2.05) is 24.8 Å². The molecule has 0 N–H and O–H groups in total. The third-order valence-corrected chi connectivity index (χ3v) is 2.22. The van der Waals surface area contributed by atoms with Gasteiger partial charge in [-0.3, -0.25) is 0 Å². The predicted octanol–water partition coefficient (Wildman–Crippen LogP) is 3.05. The molecule has 0 saturated heterocycles. The summed E-state index contributed by atoms with van der Waals surface area (Å²) in [5, 5.41) is 0. The highest BCUT2D eigenvalue weighted by molar-refractivity contribution is 4.89. The molecule has 0 spiro atoms. The van der Waals surface area contributed by atoms with Crippen LogP contribution in [0.3, 0.4) is 0 Å². The quantitative estimate of drug-likeness (QED) is 0.634. The Morgan fingerprint density at radius 3 is 2.69 bits per heavy atom. The second-order valence-corrected chi connectivity index (χ2v) is 3.78. The van der Waals surface area contributed by atoms with E-state index in [0.29, 0.717) is 6.04 Å². The van der Waals surface area contributed by atoms with Gasteiger partial charge in [-0.15, -0.1) is 6.58 Å². The number of aromatic nitrogens is 2. The Labute approximate surface area is 80.3 Å². The molecule has 0 aliphatic heterocycles. The summed E-state index contributed by atoms with van der Waals surface area (Å²) in [5.41, 5.74) is 0. The lowest BCUT2D eigenvalue weighted by Crippen LogP contribution is -2.05. The number of rotatable bonds is 5. The summed E-state index contributed by atoms with van der Waals surface area (Å²) in [4.78, 5) is 4.03. The molecule has 1 atom stereocenters. The predicted molar refractivity (Wildman–Crippen MR) is 55.5 cm³/mol. The van der Waals surface area contributed by atoms with Crippen molar-refractivity contribution in [2.45, 2.75) is 32.7 Å². The fraction of sp³-hybridized carbons (Fsp3) is 0.545. The van der Waals surface area contributed by atoms with Gasteiger partial charge >= 0.3 is 0 Å². The lowest BCUT2D eigenvalue weighted by Gasteiger charge is -2.14. The van der Waals surface area contributed by atoms with E-state index in [-0.39, 0.29) is 0 Å². The maximum Gasteiger partial charge on any atom is 0.0951 e. The van der Waals surface area contributed by atoms with Crippen molar-refractivity contribution in [2.75, 3.05) is 0 Å². The Morgan fingerprint density at radius 1 is 1.46 bits per heavy atom. The van der Waals surface area contributed by atoms with Crippen LogP contribution in [0.15, 0.2) is 31.4 Å². The van der Waals surface area contributed by atoms with Gasteiger partial charge in [0.15, 0.2) is 0 Å². The third kappa shape index (κ3) is 3.05. The third-order valence-electron chi connectivity index (χ3n) is 2.22. The molecule has 13 heavy (non-hydrogen) atoms. The molecule has 0 saturated carbocycles. The van der Waals surface area contributed by atoms with Crippen LogP contribution in [-0.2, 0) is 0 Å². The van der Waals surface area contributed by atoms with Crippen molar-refractivity contribution in [2.24, 2.45) is 5.92 Å². The van der Waals surface area contributed by atoms with Crippen LogP contribution in [0.2, 0.25) is 0 Å². The summed E-state index contributed by atoms with van der Waals surface area (Å²) in [6.07, 6.45) is 10.0. The van der Waals surface area contributed by atoms with Gasteiger partial charge < -0.3 is 4.57 Å². The summed E-state index contributed by atoms with van der Waals surface area (Å²) >= 11 is 0. The highest BCUT2D eigenvalue weighted by Gasteiger charge is 2.06. The maximum absolute atomic E-state index is 4.03. The van der Waals surface area contributed by atoms with Gasteiger partial charge in [-0.2, -0.15) is 0 Å². The topological polar surface area (TPSA) is 17.8 Å². The van der Waals surface area contributed by atoms with E-state index in [4.69, 9.17) is 0 Å². The standard InChI is InChI=1S/C11H18N2/c1-4-11(6-5-10(2)3)13-8-7-12-9-13/h4,7-11H,1,5-6H2,2-3H3. The molecule has 1 aromatic heterocycles. The van der Waals surface area contributed by atoms with Crippen molar-refractivity contribution >= 4 is 0 Å². The van der Waals surface area contributed by atoms with Crippen LogP contribution in [0.25, 0.3) is 0 Å². The first-order chi connectivity index (χ1) is 6.24. The molecule has 72 valence electrons. The van der Waals surface area contributed by atoms with E-state index in [1.165, 1.54) is 6.42 Å². The second-order valence-electron chi connectivity index (χ2n) is 3.78. The van der Waals surface area contributed by atoms with E-state index in [2.05, 4.69) is 30.0 Å². The zero-order valence-electron chi connectivity index (χ0n) is 8.48. The van der Waals surface area contributed by atoms with Crippen LogP contribution in [-0.4, -0.2) is 9.55 Å². The minimum Gasteiger partial charge on any atom is -0.331 e. The second kappa shape index (κ2) is 4.85. The smallest absolute Gasteiger partial charge is 0.0951 e. The maximum atomic E-state index is 4.03. The van der Waals surface area contributed by atoms with Gasteiger partial charge in [0.25, 0.3) is 0 Å². The fourth-order valence-corrected chi connectivity index (χ4v) is 1.36. The van der Waals surface area contributed by atoms with Crippen LogP contribution in [0, 0.1) is 5.92 Å². The normalized spacial score (nSPS) is 13.2. The van der Waals surface area contributed by atoms with Gasteiger partial charge in [0.2, 0.25) is 0 Å². The first-order valence-electron chi connectivity index (χ1n) is 4.84. The van der Waals surface area contributed by atoms with Gasteiger partial charge in [-0.25, -0.2) is 4.98 Å². The van der Waals surface area contributed by atoms with Crippen molar-refractivity contribution in [3.63, 3.8) is 0 Å². The van der Waals surface area contributed by atoms with E-state index in [9.17, 15) is 0 Å². The van der Waals surface area contributed by atoms with Gasteiger partial charge in [-0.1, -0.05) is 19.9 Å². The molecule has 1 aromatic rings. The van der Waals surface area contributed by atoms with Gasteiger partial charge in [-0.05, 0) is 18.8 Å². The highest BCUT2D eigenvalue weighted by Crippen LogP contribution is 2.17. The molecule has 0 bridgehead atoms. The minimum absolute atomic E-state index is 0.407. The van der Waals surface area contributed by atoms with Gasteiger partial charge in [0, 0.05) is 12.4 Å². The van der Waals surface area contributed by atoms with Crippen molar-refractivity contribution in [3.05, 3.63) is 31.4 Å². The average molecular weight is 178 g/mol. The zero-order valence-corrected chi connectivity index (χ0v) is 8.48. The number of hydrogen-bond donors (Lipinski definition) is 0. The van der Waals surface area contributed by atoms with E-state index in [0.717, 1.165) is 12.3 Å². The molecule has 1 unspecified atom stereocenters. The first-order valence-corrected chi connectivity index (χ1v) is 4.84. The molecule has 2 nitrogen and oxygen atoms in total. The van der Waals surface area contributed by atoms with Crippen LogP contribution >= 0.6 is 0 Å². The molecule has 1 rings (SSSR count). The fourth-order valence-electron chi connectivity index (χ4n) is 1.36. The monoisotopic (exact) mass is 178 g/mol. The van der Waals surface area contributed by atoms with Crippen molar-refractivity contribution in [1.29, 1.82) is 0 Å². The van der Waals surface area contributed by atoms with Gasteiger partial charge in [0.05, 0.1) is 12.4 Å². The Balaban J connectivity index is 2.49. The molecular weight excluding hydrogens is 160 g/mol. The van der Waals surface area contributed by atoms with Crippen molar-refractivity contribution in [3.8, 4) is 0 Å². The summed E-state index contributed by atoms with van der Waals surface area (Å²) in [5.74, 6) is 0.756. The van der Waals surface area contributed by atoms with Crippen molar-refractivity contribution < 1.29 is 0 Å². The summed E-state index contributed by atoms with van der Waals surface area (Å²) in [7, 11) is 0. The summed E-state index contributed by atoms with van der Waals surface area (Å²) < 4.78 is 2.11. The zero-order chi connectivity index (χ0) is 9.68. The number of allylic oxidation sites excluding steroid dienone is 1.